The monoisotopic (exact) mass is 344 g/mol. The van der Waals surface area contributed by atoms with E-state index in [2.05, 4.69) is 21.7 Å². The fraction of sp³-hybridized carbons (Fsp3) is 0.235. The van der Waals surface area contributed by atoms with Crippen LogP contribution in [0.25, 0.3) is 0 Å². The second-order valence-corrected chi connectivity index (χ2v) is 6.16. The molecule has 7 heteroatoms. The van der Waals surface area contributed by atoms with Crippen LogP contribution in [-0.2, 0) is 11.2 Å². The van der Waals surface area contributed by atoms with Crippen molar-refractivity contribution in [2.75, 3.05) is 10.6 Å². The molecule has 1 atom stereocenters. The van der Waals surface area contributed by atoms with Crippen LogP contribution in [0.2, 0.25) is 5.02 Å². The van der Waals surface area contributed by atoms with E-state index in [1.54, 1.807) is 0 Å². The summed E-state index contributed by atoms with van der Waals surface area (Å²) in [6.45, 7) is 1.99. The molecule has 0 saturated heterocycles. The maximum absolute atomic E-state index is 11.4. The SMILES string of the molecule is C[C@H](Nc1ncc(C(N)=O)cc1Cl)c1ccc2c(c1)CCC(=O)N2. The first-order valence-corrected chi connectivity index (χ1v) is 7.96. The lowest BCUT2D eigenvalue weighted by molar-refractivity contribution is -0.116. The Morgan fingerprint density at radius 2 is 2.17 bits per heavy atom. The molecule has 4 N–H and O–H groups in total. The first kappa shape index (κ1) is 16.3. The number of aryl methyl sites for hydroxylation is 1. The van der Waals surface area contributed by atoms with E-state index >= 15 is 0 Å². The molecule has 0 saturated carbocycles. The van der Waals surface area contributed by atoms with E-state index in [-0.39, 0.29) is 17.5 Å². The molecule has 0 unspecified atom stereocenters. The zero-order chi connectivity index (χ0) is 17.3. The molecule has 6 nitrogen and oxygen atoms in total. The number of carbonyl (C=O) groups is 2. The Balaban J connectivity index is 1.79. The number of pyridine rings is 1. The number of amides is 2. The molecule has 1 aromatic carbocycles. The van der Waals surface area contributed by atoms with Crippen molar-refractivity contribution >= 4 is 34.9 Å². The molecule has 24 heavy (non-hydrogen) atoms. The summed E-state index contributed by atoms with van der Waals surface area (Å²) >= 11 is 6.16. The summed E-state index contributed by atoms with van der Waals surface area (Å²) in [6.07, 6.45) is 2.62. The van der Waals surface area contributed by atoms with E-state index in [4.69, 9.17) is 17.3 Å². The maximum atomic E-state index is 11.4. The normalized spacial score (nSPS) is 14.5. The van der Waals surface area contributed by atoms with Gasteiger partial charge in [0, 0.05) is 18.3 Å². The van der Waals surface area contributed by atoms with Gasteiger partial charge in [0.25, 0.3) is 0 Å². The molecule has 1 aliphatic heterocycles. The van der Waals surface area contributed by atoms with Crippen LogP contribution in [0.15, 0.2) is 30.5 Å². The summed E-state index contributed by atoms with van der Waals surface area (Å²) in [5, 5.41) is 6.43. The van der Waals surface area contributed by atoms with Crippen molar-refractivity contribution in [1.29, 1.82) is 0 Å². The lowest BCUT2D eigenvalue weighted by Gasteiger charge is -2.21. The Hall–Kier alpha value is -2.60. The van der Waals surface area contributed by atoms with Gasteiger partial charge in [-0.25, -0.2) is 4.98 Å². The van der Waals surface area contributed by atoms with Crippen molar-refractivity contribution < 1.29 is 9.59 Å². The fourth-order valence-electron chi connectivity index (χ4n) is 2.64. The van der Waals surface area contributed by atoms with Crippen molar-refractivity contribution in [3.8, 4) is 0 Å². The third kappa shape index (κ3) is 3.33. The predicted molar refractivity (Wildman–Crippen MR) is 93.2 cm³/mol. The Kier molecular flexibility index (Phi) is 4.40. The molecule has 2 heterocycles. The molecule has 0 bridgehead atoms. The molecule has 1 aliphatic rings. The van der Waals surface area contributed by atoms with Crippen molar-refractivity contribution in [3.63, 3.8) is 0 Å². The van der Waals surface area contributed by atoms with Crippen molar-refractivity contribution in [3.05, 3.63) is 52.2 Å². The smallest absolute Gasteiger partial charge is 0.250 e. The quantitative estimate of drug-likeness (QED) is 0.794. The number of halogens is 1. The van der Waals surface area contributed by atoms with Gasteiger partial charge < -0.3 is 16.4 Å². The molecular weight excluding hydrogens is 328 g/mol. The highest BCUT2D eigenvalue weighted by Crippen LogP contribution is 2.29. The first-order valence-electron chi connectivity index (χ1n) is 7.58. The van der Waals surface area contributed by atoms with Gasteiger partial charge in [0.1, 0.15) is 5.82 Å². The number of hydrogen-bond donors (Lipinski definition) is 3. The number of primary amides is 1. The van der Waals surface area contributed by atoms with E-state index in [0.717, 1.165) is 23.2 Å². The number of carbonyl (C=O) groups excluding carboxylic acids is 2. The summed E-state index contributed by atoms with van der Waals surface area (Å²) in [4.78, 5) is 26.7. The van der Waals surface area contributed by atoms with Gasteiger partial charge in [-0.1, -0.05) is 23.7 Å². The van der Waals surface area contributed by atoms with Gasteiger partial charge in [-0.05, 0) is 36.6 Å². The van der Waals surface area contributed by atoms with Gasteiger partial charge in [0.05, 0.1) is 16.6 Å². The Bertz CT molecular complexity index is 822. The third-order valence-corrected chi connectivity index (χ3v) is 4.29. The number of nitrogens with two attached hydrogens (primary N) is 1. The number of hydrogen-bond acceptors (Lipinski definition) is 4. The third-order valence-electron chi connectivity index (χ3n) is 4.00. The molecule has 2 aromatic rings. The number of aromatic nitrogens is 1. The summed E-state index contributed by atoms with van der Waals surface area (Å²) < 4.78 is 0. The lowest BCUT2D eigenvalue weighted by Crippen LogP contribution is -2.19. The van der Waals surface area contributed by atoms with E-state index in [1.807, 2.05) is 19.1 Å². The van der Waals surface area contributed by atoms with E-state index in [1.165, 1.54) is 12.3 Å². The second kappa shape index (κ2) is 6.49. The highest BCUT2D eigenvalue weighted by molar-refractivity contribution is 6.33. The van der Waals surface area contributed by atoms with Crippen LogP contribution in [0, 0.1) is 0 Å². The van der Waals surface area contributed by atoms with E-state index < -0.39 is 5.91 Å². The molecule has 0 aliphatic carbocycles. The topological polar surface area (TPSA) is 97.1 Å². The summed E-state index contributed by atoms with van der Waals surface area (Å²) in [6, 6.07) is 7.38. The standard InChI is InChI=1S/C17H17ClN4O2/c1-9(21-17-13(18)7-12(8-20-17)16(19)24)10-2-4-14-11(6-10)3-5-15(23)22-14/h2,4,6-9H,3,5H2,1H3,(H2,19,24)(H,20,21)(H,22,23)/t9-/m0/s1. The van der Waals surface area contributed by atoms with Crippen molar-refractivity contribution in [2.45, 2.75) is 25.8 Å². The highest BCUT2D eigenvalue weighted by Gasteiger charge is 2.17. The van der Waals surface area contributed by atoms with Crippen LogP contribution in [0.4, 0.5) is 11.5 Å². The highest BCUT2D eigenvalue weighted by atomic mass is 35.5. The molecule has 0 spiro atoms. The van der Waals surface area contributed by atoms with Gasteiger partial charge in [-0.3, -0.25) is 9.59 Å². The summed E-state index contributed by atoms with van der Waals surface area (Å²) in [5.41, 5.74) is 8.51. The van der Waals surface area contributed by atoms with Gasteiger partial charge in [0.2, 0.25) is 11.8 Å². The minimum atomic E-state index is -0.569. The fourth-order valence-corrected chi connectivity index (χ4v) is 2.86. The zero-order valence-corrected chi connectivity index (χ0v) is 13.9. The van der Waals surface area contributed by atoms with E-state index in [0.29, 0.717) is 17.3 Å². The largest absolute Gasteiger partial charge is 0.366 e. The molecule has 3 rings (SSSR count). The van der Waals surface area contributed by atoms with Gasteiger partial charge in [-0.15, -0.1) is 0 Å². The Labute approximate surface area is 144 Å². The van der Waals surface area contributed by atoms with Crippen molar-refractivity contribution in [1.82, 2.24) is 4.98 Å². The van der Waals surface area contributed by atoms with E-state index in [9.17, 15) is 9.59 Å². The number of benzene rings is 1. The number of nitrogens with one attached hydrogen (secondary N) is 2. The molecule has 1 aromatic heterocycles. The Morgan fingerprint density at radius 1 is 1.38 bits per heavy atom. The molecular formula is C17H17ClN4O2. The average Bonchev–Trinajstić information content (AvgIpc) is 2.55. The van der Waals surface area contributed by atoms with Gasteiger partial charge >= 0.3 is 0 Å². The van der Waals surface area contributed by atoms with Gasteiger partial charge in [0.15, 0.2) is 0 Å². The average molecular weight is 345 g/mol. The number of nitrogens with zero attached hydrogens (tertiary/aromatic N) is 1. The summed E-state index contributed by atoms with van der Waals surface area (Å²) in [7, 11) is 0. The molecule has 0 radical (unpaired) electrons. The minimum absolute atomic E-state index is 0.0441. The first-order chi connectivity index (χ1) is 11.4. The van der Waals surface area contributed by atoms with Crippen molar-refractivity contribution in [2.24, 2.45) is 5.73 Å². The predicted octanol–water partition coefficient (Wildman–Crippen LogP) is 2.89. The maximum Gasteiger partial charge on any atom is 0.250 e. The summed E-state index contributed by atoms with van der Waals surface area (Å²) in [5.74, 6) is -0.0344. The second-order valence-electron chi connectivity index (χ2n) is 5.75. The van der Waals surface area contributed by atoms with Crippen LogP contribution in [-0.4, -0.2) is 16.8 Å². The molecule has 2 amide bonds. The molecule has 0 fully saturated rings. The van der Waals surface area contributed by atoms with Crippen LogP contribution in [0.5, 0.6) is 0 Å². The molecule has 124 valence electrons. The van der Waals surface area contributed by atoms with Crippen LogP contribution < -0.4 is 16.4 Å². The van der Waals surface area contributed by atoms with Gasteiger partial charge in [-0.2, -0.15) is 0 Å². The lowest BCUT2D eigenvalue weighted by atomic mass is 9.98. The van der Waals surface area contributed by atoms with Crippen LogP contribution in [0.3, 0.4) is 0 Å². The number of rotatable bonds is 4. The zero-order valence-electron chi connectivity index (χ0n) is 13.1. The number of fused-ring (bicyclic) bond motifs is 1. The van der Waals surface area contributed by atoms with Crippen LogP contribution >= 0.6 is 11.6 Å². The Morgan fingerprint density at radius 3 is 2.88 bits per heavy atom. The number of anilines is 2. The van der Waals surface area contributed by atoms with Crippen LogP contribution in [0.1, 0.15) is 40.9 Å². The minimum Gasteiger partial charge on any atom is -0.366 e.